The summed E-state index contributed by atoms with van der Waals surface area (Å²) in [6.45, 7) is 0. The zero-order valence-corrected chi connectivity index (χ0v) is 31.9. The van der Waals surface area contributed by atoms with Gasteiger partial charge in [0.2, 0.25) is 5.78 Å². The molecule has 0 spiro atoms. The van der Waals surface area contributed by atoms with Crippen LogP contribution in [0.2, 0.25) is 0 Å². The molecule has 60 heavy (non-hydrogen) atoms. The van der Waals surface area contributed by atoms with Gasteiger partial charge in [0.25, 0.3) is 0 Å². The fourth-order valence-electron chi connectivity index (χ4n) is 9.04. The number of benzene rings is 8. The van der Waals surface area contributed by atoms with Gasteiger partial charge in [-0.2, -0.15) is 0 Å². The minimum atomic E-state index is 0.619. The van der Waals surface area contributed by atoms with E-state index in [2.05, 4.69) is 135 Å². The zero-order chi connectivity index (χ0) is 39.3. The topological polar surface area (TPSA) is 79.0 Å². The number of rotatable bonds is 5. The predicted octanol–water partition coefficient (Wildman–Crippen LogP) is 12.6. The molecule has 5 aromatic heterocycles. The van der Waals surface area contributed by atoms with Crippen molar-refractivity contribution in [3.63, 3.8) is 0 Å². The third-order valence-electron chi connectivity index (χ3n) is 11.7. The lowest BCUT2D eigenvalue weighted by Gasteiger charge is -2.11. The summed E-state index contributed by atoms with van der Waals surface area (Å²) in [5, 5.41) is 4.30. The van der Waals surface area contributed by atoms with Gasteiger partial charge in [-0.25, -0.2) is 19.9 Å². The number of nitrogens with zero attached hydrogens (tertiary/aromatic N) is 7. The van der Waals surface area contributed by atoms with Gasteiger partial charge < -0.3 is 8.98 Å². The van der Waals surface area contributed by atoms with Gasteiger partial charge in [-0.1, -0.05) is 109 Å². The Kier molecular flexibility index (Phi) is 6.85. The van der Waals surface area contributed by atoms with Crippen LogP contribution in [0.4, 0.5) is 0 Å². The third-order valence-corrected chi connectivity index (χ3v) is 11.7. The summed E-state index contributed by atoms with van der Waals surface area (Å²) in [5.74, 6) is 2.76. The Labute approximate surface area is 341 Å². The van der Waals surface area contributed by atoms with E-state index in [-0.39, 0.29) is 0 Å². The van der Waals surface area contributed by atoms with Gasteiger partial charge in [0.05, 0.1) is 49.9 Å². The van der Waals surface area contributed by atoms with Gasteiger partial charge in [-0.05, 0) is 78.9 Å². The molecule has 0 radical (unpaired) electrons. The fourth-order valence-corrected chi connectivity index (χ4v) is 9.04. The number of fused-ring (bicyclic) bond motifs is 11. The average Bonchev–Trinajstić information content (AvgIpc) is 4.06. The Morgan fingerprint density at radius 2 is 1.00 bits per heavy atom. The van der Waals surface area contributed by atoms with Crippen molar-refractivity contribution in [3.05, 3.63) is 188 Å². The van der Waals surface area contributed by atoms with E-state index >= 15 is 0 Å². The SMILES string of the molecule is c1ccc(-c2nc(-c3ccccc3)nc(-c3ccc4c(c3)c3ccccc3n4-c3cccc4oc5ccc(-n6c7ccccc7n7c8ccccc8nc67)cc5c34)n2)cc1. The molecule has 8 heteroatoms. The summed E-state index contributed by atoms with van der Waals surface area (Å²) in [5.41, 5.74) is 12.9. The fraction of sp³-hybridized carbons (Fsp3) is 0. The molecule has 0 saturated carbocycles. The molecule has 0 aliphatic rings. The Hall–Kier alpha value is -8.36. The quantitative estimate of drug-likeness (QED) is 0.174. The van der Waals surface area contributed by atoms with Crippen LogP contribution < -0.4 is 0 Å². The molecule has 0 saturated heterocycles. The van der Waals surface area contributed by atoms with E-state index in [1.54, 1.807) is 0 Å². The van der Waals surface area contributed by atoms with Gasteiger partial charge in [0.15, 0.2) is 17.5 Å². The minimum absolute atomic E-state index is 0.619. The van der Waals surface area contributed by atoms with E-state index in [0.717, 1.165) is 99.7 Å². The van der Waals surface area contributed by atoms with Crippen molar-refractivity contribution in [2.75, 3.05) is 0 Å². The van der Waals surface area contributed by atoms with E-state index < -0.39 is 0 Å². The smallest absolute Gasteiger partial charge is 0.220 e. The second kappa shape index (κ2) is 12.6. The molecule has 280 valence electrons. The normalized spacial score (nSPS) is 12.0. The summed E-state index contributed by atoms with van der Waals surface area (Å²) in [6, 6.07) is 64.9. The highest BCUT2D eigenvalue weighted by molar-refractivity contribution is 6.15. The van der Waals surface area contributed by atoms with Crippen LogP contribution in [0.5, 0.6) is 0 Å². The van der Waals surface area contributed by atoms with Crippen LogP contribution in [0.15, 0.2) is 192 Å². The molecular weight excluding hydrogens is 739 g/mol. The molecule has 0 N–H and O–H groups in total. The number of hydrogen-bond acceptors (Lipinski definition) is 5. The van der Waals surface area contributed by atoms with Crippen LogP contribution in [0, 0.1) is 0 Å². The Morgan fingerprint density at radius 1 is 0.367 bits per heavy atom. The zero-order valence-electron chi connectivity index (χ0n) is 31.9. The van der Waals surface area contributed by atoms with E-state index in [9.17, 15) is 0 Å². The first-order valence-electron chi connectivity index (χ1n) is 20.0. The minimum Gasteiger partial charge on any atom is -0.456 e. The Balaban J connectivity index is 1.02. The summed E-state index contributed by atoms with van der Waals surface area (Å²) >= 11 is 0. The molecule has 0 bridgehead atoms. The van der Waals surface area contributed by atoms with Crippen molar-refractivity contribution in [2.45, 2.75) is 0 Å². The predicted molar refractivity (Wildman–Crippen MR) is 241 cm³/mol. The maximum atomic E-state index is 6.62. The van der Waals surface area contributed by atoms with Crippen LogP contribution in [-0.2, 0) is 0 Å². The molecule has 0 unspecified atom stereocenters. The highest BCUT2D eigenvalue weighted by Crippen LogP contribution is 2.41. The third kappa shape index (κ3) is 4.79. The Morgan fingerprint density at radius 3 is 1.77 bits per heavy atom. The standard InChI is InChI=1S/C52H31N7O/c1-3-14-32(15-4-1)49-54-50(33-16-5-2-6-17-33)56-51(55-49)34-26-28-41-37(30-34)36-18-7-9-20-40(36)58(41)45-24-13-25-47-48(45)38-31-35(27-29-46(38)60-47)57-43-22-11-12-23-44(43)59-42-21-10-8-19-39(42)53-52(57)59/h1-31H. The second-order valence-electron chi connectivity index (χ2n) is 15.1. The molecule has 13 rings (SSSR count). The first-order chi connectivity index (χ1) is 29.7. The lowest BCUT2D eigenvalue weighted by Crippen LogP contribution is -2.00. The largest absolute Gasteiger partial charge is 0.456 e. The van der Waals surface area contributed by atoms with Crippen LogP contribution >= 0.6 is 0 Å². The van der Waals surface area contributed by atoms with Crippen molar-refractivity contribution in [1.82, 2.24) is 33.5 Å². The van der Waals surface area contributed by atoms with Crippen LogP contribution in [-0.4, -0.2) is 33.5 Å². The summed E-state index contributed by atoms with van der Waals surface area (Å²) in [4.78, 5) is 20.2. The second-order valence-corrected chi connectivity index (χ2v) is 15.1. The maximum absolute atomic E-state index is 6.62. The van der Waals surface area contributed by atoms with Crippen molar-refractivity contribution >= 4 is 71.6 Å². The number of hydrogen-bond donors (Lipinski definition) is 0. The monoisotopic (exact) mass is 769 g/mol. The highest BCUT2D eigenvalue weighted by atomic mass is 16.3. The van der Waals surface area contributed by atoms with Crippen LogP contribution in [0.1, 0.15) is 0 Å². The van der Waals surface area contributed by atoms with Crippen molar-refractivity contribution in [2.24, 2.45) is 0 Å². The molecule has 8 aromatic carbocycles. The molecule has 13 aromatic rings. The average molecular weight is 770 g/mol. The van der Waals surface area contributed by atoms with Gasteiger partial charge in [-0.15, -0.1) is 0 Å². The number of furan rings is 1. The highest BCUT2D eigenvalue weighted by Gasteiger charge is 2.22. The van der Waals surface area contributed by atoms with Crippen LogP contribution in [0.25, 0.3) is 117 Å². The molecule has 8 nitrogen and oxygen atoms in total. The van der Waals surface area contributed by atoms with Crippen LogP contribution in [0.3, 0.4) is 0 Å². The molecule has 0 aliphatic carbocycles. The van der Waals surface area contributed by atoms with E-state index in [0.29, 0.717) is 17.5 Å². The summed E-state index contributed by atoms with van der Waals surface area (Å²) in [6.07, 6.45) is 0. The van der Waals surface area contributed by atoms with Crippen molar-refractivity contribution in [3.8, 4) is 45.5 Å². The molecular formula is C52H31N7O. The lowest BCUT2D eigenvalue weighted by molar-refractivity contribution is 0.669. The van der Waals surface area contributed by atoms with E-state index in [1.807, 2.05) is 66.7 Å². The van der Waals surface area contributed by atoms with Crippen molar-refractivity contribution in [1.29, 1.82) is 0 Å². The molecule has 0 fully saturated rings. The summed E-state index contributed by atoms with van der Waals surface area (Å²) < 4.78 is 13.5. The van der Waals surface area contributed by atoms with Crippen molar-refractivity contribution < 1.29 is 4.42 Å². The first-order valence-corrected chi connectivity index (χ1v) is 20.0. The van der Waals surface area contributed by atoms with Gasteiger partial charge in [0, 0.05) is 32.8 Å². The van der Waals surface area contributed by atoms with Gasteiger partial charge in [0.1, 0.15) is 11.2 Å². The maximum Gasteiger partial charge on any atom is 0.220 e. The first kappa shape index (κ1) is 32.7. The molecule has 5 heterocycles. The summed E-state index contributed by atoms with van der Waals surface area (Å²) in [7, 11) is 0. The van der Waals surface area contributed by atoms with Gasteiger partial charge in [-0.3, -0.25) is 8.97 Å². The Bertz CT molecular complexity index is 3780. The van der Waals surface area contributed by atoms with Gasteiger partial charge >= 0.3 is 0 Å². The van der Waals surface area contributed by atoms with E-state index in [1.165, 1.54) is 0 Å². The number of para-hydroxylation sites is 5. The lowest BCUT2D eigenvalue weighted by atomic mass is 10.1. The molecule has 0 aliphatic heterocycles. The molecule has 0 amide bonds. The molecule has 0 atom stereocenters. The number of imidazole rings is 2. The van der Waals surface area contributed by atoms with E-state index in [4.69, 9.17) is 24.4 Å². The number of aromatic nitrogens is 7.